The molecule has 0 bridgehead atoms. The van der Waals surface area contributed by atoms with E-state index in [9.17, 15) is 0 Å². The van der Waals surface area contributed by atoms with Gasteiger partial charge in [0.05, 0.1) is 6.61 Å². The third-order valence-corrected chi connectivity index (χ3v) is 3.53. The van der Waals surface area contributed by atoms with Crippen LogP contribution < -0.4 is 10.1 Å². The van der Waals surface area contributed by atoms with E-state index in [-0.39, 0.29) is 0 Å². The molecule has 6 heteroatoms. The van der Waals surface area contributed by atoms with Crippen LogP contribution in [0.4, 0.5) is 5.95 Å². The minimum absolute atomic E-state index is 0.390. The molecule has 0 aliphatic rings. The Hall–Kier alpha value is -1.69. The van der Waals surface area contributed by atoms with Gasteiger partial charge in [0.1, 0.15) is 0 Å². The van der Waals surface area contributed by atoms with Crippen LogP contribution in [0.3, 0.4) is 0 Å². The number of aromatic nitrogens is 3. The predicted molar refractivity (Wildman–Crippen MR) is 82.4 cm³/mol. The zero-order valence-corrected chi connectivity index (χ0v) is 13.0. The normalized spacial score (nSPS) is 10.6. The summed E-state index contributed by atoms with van der Waals surface area (Å²) in [5, 5.41) is 5.24. The van der Waals surface area contributed by atoms with Crippen LogP contribution in [0.5, 0.6) is 6.01 Å². The van der Waals surface area contributed by atoms with E-state index in [0.29, 0.717) is 24.4 Å². The van der Waals surface area contributed by atoms with Crippen molar-refractivity contribution in [3.05, 3.63) is 16.3 Å². The summed E-state index contributed by atoms with van der Waals surface area (Å²) in [5.41, 5.74) is 1.04. The van der Waals surface area contributed by atoms with E-state index in [1.165, 1.54) is 4.88 Å². The molecule has 2 rings (SSSR count). The highest BCUT2D eigenvalue weighted by molar-refractivity contribution is 7.10. The van der Waals surface area contributed by atoms with Gasteiger partial charge in [-0.1, -0.05) is 13.8 Å². The molecular weight excluding hydrogens is 272 g/mol. The van der Waals surface area contributed by atoms with E-state index < -0.39 is 0 Å². The van der Waals surface area contributed by atoms with Gasteiger partial charge < -0.3 is 10.1 Å². The third-order valence-electron chi connectivity index (χ3n) is 2.68. The summed E-state index contributed by atoms with van der Waals surface area (Å²) >= 11 is 1.69. The number of nitrogens with one attached hydrogen (secondary N) is 1. The van der Waals surface area contributed by atoms with Crippen molar-refractivity contribution in [1.29, 1.82) is 0 Å². The zero-order valence-electron chi connectivity index (χ0n) is 12.1. The number of anilines is 1. The summed E-state index contributed by atoms with van der Waals surface area (Å²) in [6.07, 6.45) is 1.94. The summed E-state index contributed by atoms with van der Waals surface area (Å²) in [7, 11) is 0. The number of thiophene rings is 1. The molecule has 0 saturated heterocycles. The van der Waals surface area contributed by atoms with Crippen molar-refractivity contribution in [2.75, 3.05) is 18.5 Å². The van der Waals surface area contributed by atoms with Crippen LogP contribution in [0, 0.1) is 6.92 Å². The Labute approximate surface area is 123 Å². The fraction of sp³-hybridized carbons (Fsp3) is 0.500. The lowest BCUT2D eigenvalue weighted by Gasteiger charge is -2.08. The topological polar surface area (TPSA) is 59.9 Å². The van der Waals surface area contributed by atoms with Gasteiger partial charge in [0.15, 0.2) is 5.82 Å². The largest absolute Gasteiger partial charge is 0.463 e. The average Bonchev–Trinajstić information content (AvgIpc) is 2.89. The first-order valence-electron chi connectivity index (χ1n) is 6.91. The molecule has 2 heterocycles. The van der Waals surface area contributed by atoms with Crippen LogP contribution in [0.1, 0.15) is 31.6 Å². The van der Waals surface area contributed by atoms with E-state index in [4.69, 9.17) is 4.74 Å². The molecule has 0 spiro atoms. The van der Waals surface area contributed by atoms with E-state index in [1.807, 2.05) is 11.4 Å². The number of aryl methyl sites for hydroxylation is 1. The van der Waals surface area contributed by atoms with Gasteiger partial charge in [-0.05, 0) is 31.2 Å². The van der Waals surface area contributed by atoms with E-state index >= 15 is 0 Å². The lowest BCUT2D eigenvalue weighted by atomic mass is 10.2. The molecule has 1 N–H and O–H groups in total. The molecule has 0 saturated carbocycles. The fourth-order valence-corrected chi connectivity index (χ4v) is 2.36. The predicted octanol–water partition coefficient (Wildman–Crippen LogP) is 3.52. The quantitative estimate of drug-likeness (QED) is 0.846. The molecule has 108 valence electrons. The van der Waals surface area contributed by atoms with Crippen LogP contribution >= 0.6 is 11.3 Å². The Morgan fingerprint density at radius 2 is 2.05 bits per heavy atom. The highest BCUT2D eigenvalue weighted by Gasteiger charge is 2.11. The first-order chi connectivity index (χ1) is 9.74. The van der Waals surface area contributed by atoms with Crippen LogP contribution in [0.2, 0.25) is 0 Å². The van der Waals surface area contributed by atoms with Gasteiger partial charge in [0, 0.05) is 17.0 Å². The van der Waals surface area contributed by atoms with Gasteiger partial charge >= 0.3 is 6.01 Å². The van der Waals surface area contributed by atoms with Gasteiger partial charge in [-0.3, -0.25) is 0 Å². The Morgan fingerprint density at radius 1 is 1.20 bits per heavy atom. The number of rotatable bonds is 7. The van der Waals surface area contributed by atoms with E-state index in [2.05, 4.69) is 41.0 Å². The molecule has 0 fully saturated rings. The van der Waals surface area contributed by atoms with Gasteiger partial charge in [-0.2, -0.15) is 15.0 Å². The van der Waals surface area contributed by atoms with Crippen molar-refractivity contribution in [3.8, 4) is 17.4 Å². The molecule has 2 aromatic rings. The number of hydrogen-bond acceptors (Lipinski definition) is 6. The van der Waals surface area contributed by atoms with Gasteiger partial charge in [-0.15, -0.1) is 11.3 Å². The molecule has 0 amide bonds. The molecule has 0 atom stereocenters. The SMILES string of the molecule is CCCNc1nc(OCCC)nc(-c2ccsc2C)n1. The van der Waals surface area contributed by atoms with Crippen molar-refractivity contribution in [2.24, 2.45) is 0 Å². The van der Waals surface area contributed by atoms with Crippen LogP contribution in [0.15, 0.2) is 11.4 Å². The molecule has 0 unspecified atom stereocenters. The molecule has 0 aromatic carbocycles. The molecule has 20 heavy (non-hydrogen) atoms. The molecule has 0 aliphatic carbocycles. The lowest BCUT2D eigenvalue weighted by Crippen LogP contribution is -2.09. The molecule has 5 nitrogen and oxygen atoms in total. The maximum Gasteiger partial charge on any atom is 0.321 e. The highest BCUT2D eigenvalue weighted by atomic mass is 32.1. The Balaban J connectivity index is 2.32. The van der Waals surface area contributed by atoms with E-state index in [0.717, 1.165) is 24.9 Å². The highest BCUT2D eigenvalue weighted by Crippen LogP contribution is 2.26. The minimum atomic E-state index is 0.390. The Kier molecular flexibility index (Phi) is 5.29. The summed E-state index contributed by atoms with van der Waals surface area (Å²) in [4.78, 5) is 14.4. The molecule has 0 aliphatic heterocycles. The summed E-state index contributed by atoms with van der Waals surface area (Å²) in [6.45, 7) is 7.67. The van der Waals surface area contributed by atoms with Crippen molar-refractivity contribution in [3.63, 3.8) is 0 Å². The smallest absolute Gasteiger partial charge is 0.321 e. The fourth-order valence-electron chi connectivity index (χ4n) is 1.67. The first-order valence-corrected chi connectivity index (χ1v) is 7.79. The van der Waals surface area contributed by atoms with Crippen molar-refractivity contribution < 1.29 is 4.74 Å². The zero-order chi connectivity index (χ0) is 14.4. The number of ether oxygens (including phenoxy) is 1. The molecule has 0 radical (unpaired) electrons. The maximum absolute atomic E-state index is 5.56. The van der Waals surface area contributed by atoms with E-state index in [1.54, 1.807) is 11.3 Å². The Morgan fingerprint density at radius 3 is 2.70 bits per heavy atom. The van der Waals surface area contributed by atoms with Crippen molar-refractivity contribution >= 4 is 17.3 Å². The van der Waals surface area contributed by atoms with Crippen molar-refractivity contribution in [2.45, 2.75) is 33.6 Å². The molecular formula is C14H20N4OS. The van der Waals surface area contributed by atoms with Gasteiger partial charge in [0.25, 0.3) is 0 Å². The first kappa shape index (κ1) is 14.7. The van der Waals surface area contributed by atoms with Crippen molar-refractivity contribution in [1.82, 2.24) is 15.0 Å². The minimum Gasteiger partial charge on any atom is -0.463 e. The third kappa shape index (κ3) is 3.66. The average molecular weight is 292 g/mol. The standard InChI is InChI=1S/C14H20N4OS/c1-4-7-15-13-16-12(11-6-9-20-10(11)3)17-14(18-13)19-8-5-2/h6,9H,4-5,7-8H2,1-3H3,(H,15,16,17,18). The maximum atomic E-state index is 5.56. The summed E-state index contributed by atoms with van der Waals surface area (Å²) in [5.74, 6) is 1.25. The second-order valence-corrected chi connectivity index (χ2v) is 5.55. The van der Waals surface area contributed by atoms with Crippen LogP contribution in [0.25, 0.3) is 11.4 Å². The van der Waals surface area contributed by atoms with Gasteiger partial charge in [-0.25, -0.2) is 0 Å². The second-order valence-electron chi connectivity index (χ2n) is 4.43. The van der Waals surface area contributed by atoms with Crippen LogP contribution in [-0.4, -0.2) is 28.1 Å². The summed E-state index contributed by atoms with van der Waals surface area (Å²) < 4.78 is 5.56. The second kappa shape index (κ2) is 7.19. The summed E-state index contributed by atoms with van der Waals surface area (Å²) in [6, 6.07) is 2.42. The lowest BCUT2D eigenvalue weighted by molar-refractivity contribution is 0.292. The van der Waals surface area contributed by atoms with Gasteiger partial charge in [0.2, 0.25) is 5.95 Å². The number of nitrogens with zero attached hydrogens (tertiary/aromatic N) is 3. The number of hydrogen-bond donors (Lipinski definition) is 1. The Bertz CT molecular complexity index is 530. The van der Waals surface area contributed by atoms with Crippen LogP contribution in [-0.2, 0) is 0 Å². The monoisotopic (exact) mass is 292 g/mol. The molecule has 2 aromatic heterocycles.